The number of carbonyl (C=O) groups is 3. The van der Waals surface area contributed by atoms with Crippen molar-refractivity contribution in [3.8, 4) is 22.4 Å². The zero-order valence-corrected chi connectivity index (χ0v) is 23.7. The van der Waals surface area contributed by atoms with Crippen LogP contribution in [0.3, 0.4) is 0 Å². The van der Waals surface area contributed by atoms with E-state index >= 15 is 0 Å². The van der Waals surface area contributed by atoms with Crippen LogP contribution in [0.1, 0.15) is 52.0 Å². The Labute approximate surface area is 235 Å². The summed E-state index contributed by atoms with van der Waals surface area (Å²) in [6, 6.07) is 19.7. The lowest BCUT2D eigenvalue weighted by molar-refractivity contribution is -0.117. The fourth-order valence-corrected chi connectivity index (χ4v) is 4.33. The van der Waals surface area contributed by atoms with Crippen LogP contribution in [0, 0.1) is 0 Å². The van der Waals surface area contributed by atoms with Gasteiger partial charge in [0.1, 0.15) is 17.3 Å². The van der Waals surface area contributed by atoms with E-state index < -0.39 is 23.2 Å². The Morgan fingerprint density at radius 1 is 0.900 bits per heavy atom. The van der Waals surface area contributed by atoms with Gasteiger partial charge in [-0.3, -0.25) is 14.6 Å². The molecule has 40 heavy (non-hydrogen) atoms. The van der Waals surface area contributed by atoms with Crippen LogP contribution in [0.5, 0.6) is 0 Å². The van der Waals surface area contributed by atoms with Crippen LogP contribution in [-0.2, 0) is 4.79 Å². The van der Waals surface area contributed by atoms with Crippen molar-refractivity contribution in [2.45, 2.75) is 58.7 Å². The number of carbonyl (C=O) groups excluding carboxylic acids is 3. The van der Waals surface area contributed by atoms with Crippen LogP contribution >= 0.6 is 0 Å². The van der Waals surface area contributed by atoms with Crippen molar-refractivity contribution in [2.24, 2.45) is 4.99 Å². The van der Waals surface area contributed by atoms with Gasteiger partial charge in [0.15, 0.2) is 0 Å². The van der Waals surface area contributed by atoms with Gasteiger partial charge in [0, 0.05) is 22.5 Å². The fraction of sp³-hybridized carbons (Fsp3) is 0.281. The molecule has 206 valence electrons. The molecule has 4 rings (SSSR count). The van der Waals surface area contributed by atoms with Crippen molar-refractivity contribution >= 4 is 29.1 Å². The van der Waals surface area contributed by atoms with Crippen molar-refractivity contribution in [3.05, 3.63) is 84.6 Å². The number of amides is 3. The summed E-state index contributed by atoms with van der Waals surface area (Å²) in [5.41, 5.74) is 3.93. The molecule has 3 amide bonds. The maximum absolute atomic E-state index is 13.1. The van der Waals surface area contributed by atoms with E-state index in [9.17, 15) is 14.4 Å². The summed E-state index contributed by atoms with van der Waals surface area (Å²) in [6.45, 7) is 10.9. The zero-order valence-electron chi connectivity index (χ0n) is 23.7. The first-order chi connectivity index (χ1) is 18.8. The molecule has 0 fully saturated rings. The van der Waals surface area contributed by atoms with E-state index in [4.69, 9.17) is 0 Å². The van der Waals surface area contributed by atoms with Gasteiger partial charge >= 0.3 is 6.03 Å². The molecule has 0 radical (unpaired) electrons. The number of urea groups is 1. The SMILES string of the molecule is CC1=NC(C)(C(=O)c2cccc(-c3ccc(-c4cccc(NC(=O)C(C)NC(=O)NC(C)(C)C)c4)cc3)n2)C=C1. The monoisotopic (exact) mass is 537 g/mol. The summed E-state index contributed by atoms with van der Waals surface area (Å²) in [4.78, 5) is 47.0. The van der Waals surface area contributed by atoms with Crippen LogP contribution in [0.4, 0.5) is 10.5 Å². The number of nitrogens with one attached hydrogen (secondary N) is 3. The highest BCUT2D eigenvalue weighted by atomic mass is 16.2. The standard InChI is InChI=1S/C32H35N5O3/c1-20-17-18-32(6,36-20)28(38)27-12-8-11-26(35-27)23-15-13-22(14-16-23)24-9-7-10-25(19-24)34-29(39)21(2)33-30(40)37-31(3,4)5/h7-19,21H,1-6H3,(H,34,39)(H2,33,37,40). The van der Waals surface area contributed by atoms with Crippen LogP contribution in [0.15, 0.2) is 83.9 Å². The molecule has 8 nitrogen and oxygen atoms in total. The minimum atomic E-state index is -0.924. The summed E-state index contributed by atoms with van der Waals surface area (Å²) in [7, 11) is 0. The predicted molar refractivity (Wildman–Crippen MR) is 160 cm³/mol. The molecule has 3 aromatic rings. The molecule has 0 saturated carbocycles. The lowest BCUT2D eigenvalue weighted by Gasteiger charge is -2.22. The molecule has 2 atom stereocenters. The van der Waals surface area contributed by atoms with Gasteiger partial charge in [0.05, 0.1) is 5.69 Å². The Balaban J connectivity index is 1.45. The van der Waals surface area contributed by atoms with Gasteiger partial charge in [-0.2, -0.15) is 0 Å². The van der Waals surface area contributed by atoms with Crippen LogP contribution < -0.4 is 16.0 Å². The summed E-state index contributed by atoms with van der Waals surface area (Å²) in [5.74, 6) is -0.461. The Morgan fingerprint density at radius 3 is 2.23 bits per heavy atom. The third-order valence-corrected chi connectivity index (χ3v) is 6.37. The van der Waals surface area contributed by atoms with E-state index in [1.165, 1.54) is 0 Å². The third kappa shape index (κ3) is 6.88. The molecule has 0 aliphatic carbocycles. The summed E-state index contributed by atoms with van der Waals surface area (Å²) >= 11 is 0. The van der Waals surface area contributed by atoms with Gasteiger partial charge in [0.2, 0.25) is 11.7 Å². The number of aromatic nitrogens is 1. The zero-order chi connectivity index (χ0) is 29.1. The molecule has 8 heteroatoms. The summed E-state index contributed by atoms with van der Waals surface area (Å²) < 4.78 is 0. The quantitative estimate of drug-likeness (QED) is 0.330. The number of ketones is 1. The highest BCUT2D eigenvalue weighted by molar-refractivity contribution is 6.09. The second-order valence-electron chi connectivity index (χ2n) is 11.2. The Bertz CT molecular complexity index is 1500. The van der Waals surface area contributed by atoms with Gasteiger partial charge in [-0.05, 0) is 89.1 Å². The second-order valence-corrected chi connectivity index (χ2v) is 11.2. The van der Waals surface area contributed by atoms with E-state index in [-0.39, 0.29) is 11.7 Å². The molecular formula is C32H35N5O3. The molecule has 2 heterocycles. The van der Waals surface area contributed by atoms with E-state index in [1.54, 1.807) is 26.0 Å². The molecule has 0 saturated heterocycles. The first kappa shape index (κ1) is 28.4. The number of benzene rings is 2. The summed E-state index contributed by atoms with van der Waals surface area (Å²) in [6.07, 6.45) is 3.66. The molecular weight excluding hydrogens is 502 g/mol. The van der Waals surface area contributed by atoms with E-state index in [2.05, 4.69) is 25.9 Å². The minimum absolute atomic E-state index is 0.141. The second kappa shape index (κ2) is 11.3. The van der Waals surface area contributed by atoms with Gasteiger partial charge in [-0.1, -0.05) is 42.5 Å². The van der Waals surface area contributed by atoms with E-state index in [0.29, 0.717) is 17.1 Å². The fourth-order valence-electron chi connectivity index (χ4n) is 4.33. The number of hydrogen-bond acceptors (Lipinski definition) is 5. The maximum Gasteiger partial charge on any atom is 0.315 e. The van der Waals surface area contributed by atoms with Gasteiger partial charge in [-0.25, -0.2) is 9.78 Å². The molecule has 2 aromatic carbocycles. The average molecular weight is 538 g/mol. The first-order valence-corrected chi connectivity index (χ1v) is 13.2. The first-order valence-electron chi connectivity index (χ1n) is 13.2. The lowest BCUT2D eigenvalue weighted by Crippen LogP contribution is -2.51. The highest BCUT2D eigenvalue weighted by Crippen LogP contribution is 2.28. The minimum Gasteiger partial charge on any atom is -0.334 e. The van der Waals surface area contributed by atoms with E-state index in [1.807, 2.05) is 94.4 Å². The molecule has 1 aliphatic heterocycles. The molecule has 2 unspecified atom stereocenters. The van der Waals surface area contributed by atoms with Gasteiger partial charge in [-0.15, -0.1) is 0 Å². The lowest BCUT2D eigenvalue weighted by atomic mass is 9.95. The van der Waals surface area contributed by atoms with Gasteiger partial charge in [0.25, 0.3) is 0 Å². The van der Waals surface area contributed by atoms with Crippen LogP contribution in [0.2, 0.25) is 0 Å². The van der Waals surface area contributed by atoms with Crippen LogP contribution in [-0.4, -0.2) is 45.5 Å². The van der Waals surface area contributed by atoms with Crippen molar-refractivity contribution in [1.82, 2.24) is 15.6 Å². The number of pyridine rings is 1. The number of anilines is 1. The topological polar surface area (TPSA) is 113 Å². The molecule has 1 aliphatic rings. The molecule has 3 N–H and O–H groups in total. The number of nitrogens with zero attached hydrogens (tertiary/aromatic N) is 2. The predicted octanol–water partition coefficient (Wildman–Crippen LogP) is 5.81. The number of aliphatic imine (C=N–C) groups is 1. The van der Waals surface area contributed by atoms with Crippen LogP contribution in [0.25, 0.3) is 22.4 Å². The number of allylic oxidation sites excluding steroid dienone is 1. The van der Waals surface area contributed by atoms with Crippen molar-refractivity contribution in [1.29, 1.82) is 0 Å². The summed E-state index contributed by atoms with van der Waals surface area (Å²) in [5, 5.41) is 8.30. The smallest absolute Gasteiger partial charge is 0.315 e. The Kier molecular flexibility index (Phi) is 8.00. The molecule has 0 bridgehead atoms. The number of Topliss-reactive ketones (excluding diaryl/α,β-unsaturated/α-hetero) is 1. The number of rotatable bonds is 7. The normalized spacial score (nSPS) is 17.1. The van der Waals surface area contributed by atoms with E-state index in [0.717, 1.165) is 22.4 Å². The molecule has 0 spiro atoms. The van der Waals surface area contributed by atoms with Crippen molar-refractivity contribution in [2.75, 3.05) is 5.32 Å². The molecule has 1 aromatic heterocycles. The van der Waals surface area contributed by atoms with Crippen molar-refractivity contribution in [3.63, 3.8) is 0 Å². The largest absolute Gasteiger partial charge is 0.334 e. The Morgan fingerprint density at radius 2 is 1.57 bits per heavy atom. The third-order valence-electron chi connectivity index (χ3n) is 6.37. The van der Waals surface area contributed by atoms with Gasteiger partial charge < -0.3 is 16.0 Å². The maximum atomic E-state index is 13.1. The Hall–Kier alpha value is -4.59. The highest BCUT2D eigenvalue weighted by Gasteiger charge is 2.34. The average Bonchev–Trinajstić information content (AvgIpc) is 3.26. The number of hydrogen-bond donors (Lipinski definition) is 3. The van der Waals surface area contributed by atoms with Crippen molar-refractivity contribution < 1.29 is 14.4 Å².